The largest absolute Gasteiger partial charge is 0.394 e. The van der Waals surface area contributed by atoms with E-state index in [2.05, 4.69) is 43.5 Å². The highest BCUT2D eigenvalue weighted by Gasteiger charge is 2.44. The molecular weight excluding hydrogens is 698 g/mol. The molecule has 0 aromatic rings. The minimum Gasteiger partial charge on any atom is -0.394 e. The third-order valence-electron chi connectivity index (χ3n) is 10.6. The first-order valence-electron chi connectivity index (χ1n) is 22.3. The number of rotatable bonds is 36. The lowest BCUT2D eigenvalue weighted by Gasteiger charge is -2.40. The van der Waals surface area contributed by atoms with Crippen LogP contribution in [0.3, 0.4) is 0 Å². The second kappa shape index (κ2) is 35.5. The van der Waals surface area contributed by atoms with Gasteiger partial charge in [-0.25, -0.2) is 0 Å². The maximum absolute atomic E-state index is 13.0. The van der Waals surface area contributed by atoms with Gasteiger partial charge in [0.2, 0.25) is 5.91 Å². The van der Waals surface area contributed by atoms with E-state index in [0.29, 0.717) is 12.8 Å². The number of nitrogens with one attached hydrogen (secondary N) is 1. The summed E-state index contributed by atoms with van der Waals surface area (Å²) in [5.41, 5.74) is 0. The Bertz CT molecular complexity index is 974. The maximum Gasteiger partial charge on any atom is 0.249 e. The minimum absolute atomic E-state index is 0.304. The first-order chi connectivity index (χ1) is 26.8. The first-order valence-corrected chi connectivity index (χ1v) is 22.3. The van der Waals surface area contributed by atoms with E-state index < -0.39 is 61.5 Å². The number of allylic oxidation sites excluding steroid dienone is 5. The number of amides is 1. The van der Waals surface area contributed by atoms with Crippen molar-refractivity contribution >= 4 is 5.91 Å². The molecule has 1 fully saturated rings. The zero-order valence-electron chi connectivity index (χ0n) is 34.8. The number of aliphatic hydroxyl groups excluding tert-OH is 6. The lowest BCUT2D eigenvalue weighted by atomic mass is 9.99. The smallest absolute Gasteiger partial charge is 0.249 e. The van der Waals surface area contributed by atoms with Gasteiger partial charge in [-0.2, -0.15) is 0 Å². The molecule has 8 unspecified atom stereocenters. The van der Waals surface area contributed by atoms with E-state index in [1.54, 1.807) is 6.08 Å². The summed E-state index contributed by atoms with van der Waals surface area (Å²) in [6, 6.07) is -0.980. The lowest BCUT2D eigenvalue weighted by molar-refractivity contribution is -0.302. The second-order valence-corrected chi connectivity index (χ2v) is 15.7. The minimum atomic E-state index is -1.61. The number of hydrogen-bond acceptors (Lipinski definition) is 9. The third kappa shape index (κ3) is 26.1. The van der Waals surface area contributed by atoms with Crippen molar-refractivity contribution in [2.45, 2.75) is 230 Å². The quantitative estimate of drug-likeness (QED) is 0.0190. The molecule has 322 valence electrons. The van der Waals surface area contributed by atoms with Crippen LogP contribution in [0.1, 0.15) is 181 Å². The molecule has 0 bridgehead atoms. The fraction of sp³-hybridized carbons (Fsp3) is 0.844. The Morgan fingerprint density at radius 1 is 0.636 bits per heavy atom. The van der Waals surface area contributed by atoms with Gasteiger partial charge in [0.1, 0.15) is 30.5 Å². The summed E-state index contributed by atoms with van der Waals surface area (Å²) in [6.45, 7) is 3.55. The van der Waals surface area contributed by atoms with Gasteiger partial charge in [0.15, 0.2) is 6.29 Å². The number of carbonyl (C=O) groups excluding carboxylic acids is 1. The van der Waals surface area contributed by atoms with Crippen LogP contribution in [0.4, 0.5) is 0 Å². The van der Waals surface area contributed by atoms with Crippen molar-refractivity contribution in [1.82, 2.24) is 5.32 Å². The Kier molecular flexibility index (Phi) is 33.2. The maximum atomic E-state index is 13.0. The molecular formula is C45H83NO9. The van der Waals surface area contributed by atoms with Crippen LogP contribution in [0.15, 0.2) is 36.5 Å². The van der Waals surface area contributed by atoms with Gasteiger partial charge in [-0.15, -0.1) is 0 Å². The van der Waals surface area contributed by atoms with E-state index in [0.717, 1.165) is 44.9 Å². The Morgan fingerprint density at radius 3 is 1.62 bits per heavy atom. The summed E-state index contributed by atoms with van der Waals surface area (Å²) < 4.78 is 11.1. The van der Waals surface area contributed by atoms with Crippen LogP contribution in [-0.4, -0.2) is 98.7 Å². The highest BCUT2D eigenvalue weighted by Crippen LogP contribution is 2.22. The predicted molar refractivity (Wildman–Crippen MR) is 222 cm³/mol. The van der Waals surface area contributed by atoms with Crippen molar-refractivity contribution < 1.29 is 44.9 Å². The fourth-order valence-corrected chi connectivity index (χ4v) is 6.86. The number of carbonyl (C=O) groups is 1. The summed E-state index contributed by atoms with van der Waals surface area (Å²) >= 11 is 0. The average molecular weight is 782 g/mol. The van der Waals surface area contributed by atoms with E-state index in [4.69, 9.17) is 9.47 Å². The molecule has 0 aromatic heterocycles. The molecule has 1 aliphatic heterocycles. The van der Waals surface area contributed by atoms with Crippen molar-refractivity contribution in [1.29, 1.82) is 0 Å². The Balaban J connectivity index is 2.42. The van der Waals surface area contributed by atoms with Gasteiger partial charge in [-0.1, -0.05) is 172 Å². The van der Waals surface area contributed by atoms with Crippen molar-refractivity contribution in [3.05, 3.63) is 36.5 Å². The van der Waals surface area contributed by atoms with E-state index >= 15 is 0 Å². The van der Waals surface area contributed by atoms with Crippen molar-refractivity contribution in [2.24, 2.45) is 0 Å². The second-order valence-electron chi connectivity index (χ2n) is 15.7. The Hall–Kier alpha value is -1.63. The highest BCUT2D eigenvalue weighted by molar-refractivity contribution is 5.80. The first kappa shape index (κ1) is 51.4. The molecule has 55 heavy (non-hydrogen) atoms. The molecule has 1 aliphatic rings. The summed E-state index contributed by atoms with van der Waals surface area (Å²) in [5.74, 6) is -0.623. The monoisotopic (exact) mass is 782 g/mol. The molecule has 10 heteroatoms. The Morgan fingerprint density at radius 2 is 1.09 bits per heavy atom. The summed E-state index contributed by atoms with van der Waals surface area (Å²) in [6.07, 6.45) is 32.2. The van der Waals surface area contributed by atoms with Crippen LogP contribution in [0.5, 0.6) is 0 Å². The molecule has 1 amide bonds. The zero-order chi connectivity index (χ0) is 40.4. The van der Waals surface area contributed by atoms with Gasteiger partial charge in [0, 0.05) is 0 Å². The molecule has 0 aromatic carbocycles. The van der Waals surface area contributed by atoms with Crippen LogP contribution in [0, 0.1) is 0 Å². The molecule has 8 atom stereocenters. The molecule has 0 saturated carbocycles. The average Bonchev–Trinajstić information content (AvgIpc) is 3.18. The molecule has 7 N–H and O–H groups in total. The van der Waals surface area contributed by atoms with Crippen molar-refractivity contribution in [2.75, 3.05) is 13.2 Å². The SMILES string of the molecule is CCCCC/C=C\C=C/CCCCCCCCCCCC(O)C(=O)NC(COC1OC(CO)C(O)C(O)C1O)C(O)/C=C/CCCCCCCCCCCC. The number of aliphatic hydroxyl groups is 6. The van der Waals surface area contributed by atoms with Gasteiger partial charge in [-0.3, -0.25) is 4.79 Å². The zero-order valence-corrected chi connectivity index (χ0v) is 34.8. The van der Waals surface area contributed by atoms with Crippen molar-refractivity contribution in [3.8, 4) is 0 Å². The van der Waals surface area contributed by atoms with Crippen LogP contribution >= 0.6 is 0 Å². The molecule has 0 radical (unpaired) electrons. The normalized spacial score (nSPS) is 22.2. The standard InChI is InChI=1S/C45H83NO9/c1-3-5-7-9-11-13-15-17-18-19-20-21-22-24-26-28-30-32-34-39(49)44(53)46-37(36-54-45-43(52)42(51)41(50)40(35-47)55-45)38(48)33-31-29-27-25-23-16-14-12-10-8-6-4-2/h11,13,15,17,31,33,37-43,45,47-52H,3-10,12,14,16,18-30,32,34-36H2,1-2H3,(H,46,53)/b13-11-,17-15-,33-31+. The molecule has 0 spiro atoms. The van der Waals surface area contributed by atoms with Crippen molar-refractivity contribution in [3.63, 3.8) is 0 Å². The van der Waals surface area contributed by atoms with E-state index in [1.165, 1.54) is 109 Å². The van der Waals surface area contributed by atoms with E-state index in [9.17, 15) is 35.4 Å². The van der Waals surface area contributed by atoms with Gasteiger partial charge in [0.05, 0.1) is 25.4 Å². The topological polar surface area (TPSA) is 169 Å². The van der Waals surface area contributed by atoms with Crippen LogP contribution < -0.4 is 5.32 Å². The van der Waals surface area contributed by atoms with Gasteiger partial charge >= 0.3 is 0 Å². The molecule has 1 rings (SSSR count). The summed E-state index contributed by atoms with van der Waals surface area (Å²) in [7, 11) is 0. The van der Waals surface area contributed by atoms with Crippen LogP contribution in [-0.2, 0) is 14.3 Å². The summed E-state index contributed by atoms with van der Waals surface area (Å²) in [4.78, 5) is 13.0. The van der Waals surface area contributed by atoms with Gasteiger partial charge in [-0.05, 0) is 44.9 Å². The van der Waals surface area contributed by atoms with E-state index in [1.807, 2.05) is 6.08 Å². The summed E-state index contributed by atoms with van der Waals surface area (Å²) in [5, 5.41) is 64.5. The molecule has 0 aliphatic carbocycles. The number of unbranched alkanes of at least 4 members (excludes halogenated alkanes) is 22. The molecule has 1 saturated heterocycles. The number of hydrogen-bond donors (Lipinski definition) is 7. The van der Waals surface area contributed by atoms with Crippen LogP contribution in [0.2, 0.25) is 0 Å². The predicted octanol–water partition coefficient (Wildman–Crippen LogP) is 7.86. The molecule has 10 nitrogen and oxygen atoms in total. The van der Waals surface area contributed by atoms with Gasteiger partial charge in [0.25, 0.3) is 0 Å². The number of ether oxygens (including phenoxy) is 2. The Labute approximate surface area is 334 Å². The third-order valence-corrected chi connectivity index (χ3v) is 10.6. The highest BCUT2D eigenvalue weighted by atomic mass is 16.7. The van der Waals surface area contributed by atoms with Crippen LogP contribution in [0.25, 0.3) is 0 Å². The molecule has 1 heterocycles. The van der Waals surface area contributed by atoms with E-state index in [-0.39, 0.29) is 6.61 Å². The lowest BCUT2D eigenvalue weighted by Crippen LogP contribution is -2.60. The fourth-order valence-electron chi connectivity index (χ4n) is 6.86. The van der Waals surface area contributed by atoms with Gasteiger partial charge < -0.3 is 45.4 Å².